The van der Waals surface area contributed by atoms with Gasteiger partial charge in [-0.3, -0.25) is 13.9 Å². The average Bonchev–Trinajstić information content (AvgIpc) is 3.17. The number of aryl methyl sites for hydroxylation is 1. The lowest BCUT2D eigenvalue weighted by Crippen LogP contribution is -2.46. The van der Waals surface area contributed by atoms with Crippen molar-refractivity contribution in [1.82, 2.24) is 14.3 Å². The molecule has 0 unspecified atom stereocenters. The number of rotatable bonds is 6. The van der Waals surface area contributed by atoms with Crippen molar-refractivity contribution in [2.45, 2.75) is 38.6 Å². The Morgan fingerprint density at radius 2 is 1.92 bits per heavy atom. The van der Waals surface area contributed by atoms with Crippen LogP contribution in [0.1, 0.15) is 48.1 Å². The Morgan fingerprint density at radius 3 is 2.68 bits per heavy atom. The number of nitrogens with zero attached hydrogens (tertiary/aromatic N) is 3. The number of hydrogen-bond acceptors (Lipinski definition) is 4. The van der Waals surface area contributed by atoms with E-state index >= 15 is 0 Å². The van der Waals surface area contributed by atoms with E-state index < -0.39 is 7.60 Å². The van der Waals surface area contributed by atoms with Gasteiger partial charge in [-0.15, -0.1) is 0 Å². The Labute approximate surface area is 216 Å². The highest BCUT2D eigenvalue weighted by Crippen LogP contribution is 2.42. The van der Waals surface area contributed by atoms with Crippen molar-refractivity contribution in [3.05, 3.63) is 70.7 Å². The van der Waals surface area contributed by atoms with Crippen molar-refractivity contribution < 1.29 is 23.5 Å². The normalized spacial score (nSPS) is 20.2. The second-order valence-corrected chi connectivity index (χ2v) is 12.3. The molecule has 1 aromatic carbocycles. The first kappa shape index (κ1) is 25.0. The van der Waals surface area contributed by atoms with Crippen LogP contribution in [-0.4, -0.2) is 57.0 Å². The highest BCUT2D eigenvalue weighted by molar-refractivity contribution is 7.60. The molecule has 2 aromatic heterocycles. The summed E-state index contributed by atoms with van der Waals surface area (Å²) in [6.07, 6.45) is 8.74. The number of alkyl halides is 1. The maximum atomic E-state index is 12.8. The van der Waals surface area contributed by atoms with E-state index in [0.717, 1.165) is 93.0 Å². The average molecular weight is 526 g/mol. The molecule has 4 heterocycles. The van der Waals surface area contributed by atoms with E-state index in [2.05, 4.69) is 17.0 Å². The molecule has 0 amide bonds. The molecule has 0 atom stereocenters. The number of ether oxygens (including phenoxy) is 1. The van der Waals surface area contributed by atoms with Crippen LogP contribution in [-0.2, 0) is 22.3 Å². The molecule has 0 saturated carbocycles. The van der Waals surface area contributed by atoms with Gasteiger partial charge in [0.25, 0.3) is 0 Å². The molecule has 2 N–H and O–H groups in total. The van der Waals surface area contributed by atoms with Gasteiger partial charge < -0.3 is 18.9 Å². The molecule has 2 aliphatic heterocycles. The van der Waals surface area contributed by atoms with Gasteiger partial charge in [0, 0.05) is 51.2 Å². The van der Waals surface area contributed by atoms with Crippen LogP contribution in [0.5, 0.6) is 0 Å². The van der Waals surface area contributed by atoms with Gasteiger partial charge in [-0.05, 0) is 84.6 Å². The molecule has 2 saturated heterocycles. The number of benzene rings is 1. The van der Waals surface area contributed by atoms with Crippen LogP contribution in [0.3, 0.4) is 0 Å². The van der Waals surface area contributed by atoms with Crippen molar-refractivity contribution in [1.29, 1.82) is 0 Å². The molecule has 3 aliphatic rings. The zero-order chi connectivity index (χ0) is 25.6. The minimum atomic E-state index is -4.33. The Bertz CT molecular complexity index is 1390. The molecule has 7 nitrogen and oxygen atoms in total. The third-order valence-electron chi connectivity index (χ3n) is 8.06. The molecule has 0 bridgehead atoms. The molecular weight excluding hydrogens is 492 g/mol. The monoisotopic (exact) mass is 525 g/mol. The highest BCUT2D eigenvalue weighted by atomic mass is 31.2. The fraction of sp³-hybridized carbons (Fsp3) is 0.464. The quantitative estimate of drug-likeness (QED) is 0.472. The predicted octanol–water partition coefficient (Wildman–Crippen LogP) is 4.10. The number of halogens is 1. The lowest BCUT2D eigenvalue weighted by molar-refractivity contribution is 0.0727. The summed E-state index contributed by atoms with van der Waals surface area (Å²) >= 11 is 0. The first-order chi connectivity index (χ1) is 17.9. The van der Waals surface area contributed by atoms with Crippen molar-refractivity contribution in [2.24, 2.45) is 11.8 Å². The second kappa shape index (κ2) is 10.1. The van der Waals surface area contributed by atoms with Crippen LogP contribution in [0.15, 0.2) is 48.3 Å². The van der Waals surface area contributed by atoms with E-state index in [1.54, 1.807) is 12.1 Å². The third kappa shape index (κ3) is 5.06. The number of fused-ring (bicyclic) bond motifs is 2. The summed E-state index contributed by atoms with van der Waals surface area (Å²) < 4.78 is 32.5. The van der Waals surface area contributed by atoms with E-state index in [-0.39, 0.29) is 17.9 Å². The smallest absolute Gasteiger partial charge is 0.356 e. The number of imidazole rings is 1. The minimum Gasteiger partial charge on any atom is -0.381 e. The van der Waals surface area contributed by atoms with Crippen molar-refractivity contribution in [3.63, 3.8) is 0 Å². The summed E-state index contributed by atoms with van der Waals surface area (Å²) in [6.45, 7) is 3.54. The van der Waals surface area contributed by atoms with E-state index in [1.165, 1.54) is 11.1 Å². The van der Waals surface area contributed by atoms with Gasteiger partial charge in [-0.25, -0.2) is 4.98 Å². The third-order valence-corrected chi connectivity index (χ3v) is 9.01. The van der Waals surface area contributed by atoms with E-state index in [1.807, 2.05) is 22.9 Å². The van der Waals surface area contributed by atoms with Gasteiger partial charge in [-0.1, -0.05) is 11.6 Å². The Hall–Kier alpha value is -2.35. The summed E-state index contributed by atoms with van der Waals surface area (Å²) in [5, 5.41) is 0.0782. The molecule has 196 valence electrons. The van der Waals surface area contributed by atoms with E-state index in [0.29, 0.717) is 5.92 Å². The number of allylic oxidation sites excluding steroid dienone is 1. The maximum Gasteiger partial charge on any atom is 0.356 e. The van der Waals surface area contributed by atoms with Crippen molar-refractivity contribution in [2.75, 3.05) is 33.0 Å². The summed E-state index contributed by atoms with van der Waals surface area (Å²) in [5.41, 5.74) is 7.57. The zero-order valence-electron chi connectivity index (χ0n) is 20.9. The van der Waals surface area contributed by atoms with Gasteiger partial charge in [-0.2, -0.15) is 0 Å². The van der Waals surface area contributed by atoms with Gasteiger partial charge in [0.1, 0.15) is 5.65 Å². The Kier molecular flexibility index (Phi) is 6.80. The summed E-state index contributed by atoms with van der Waals surface area (Å²) in [5.74, 6) is 0.582. The Morgan fingerprint density at radius 1 is 1.11 bits per heavy atom. The van der Waals surface area contributed by atoms with Crippen molar-refractivity contribution >= 4 is 24.1 Å². The maximum absolute atomic E-state index is 12.8. The fourth-order valence-corrected chi connectivity index (χ4v) is 6.77. The van der Waals surface area contributed by atoms with Gasteiger partial charge in [0.2, 0.25) is 0 Å². The predicted molar refractivity (Wildman–Crippen MR) is 141 cm³/mol. The lowest BCUT2D eigenvalue weighted by Gasteiger charge is -2.37. The minimum absolute atomic E-state index is 0.0782. The molecule has 0 radical (unpaired) electrons. The van der Waals surface area contributed by atoms with Crippen LogP contribution >= 0.6 is 7.60 Å². The molecule has 37 heavy (non-hydrogen) atoms. The van der Waals surface area contributed by atoms with Crippen LogP contribution in [0.2, 0.25) is 0 Å². The van der Waals surface area contributed by atoms with Crippen LogP contribution < -0.4 is 5.30 Å². The standard InChI is InChI=1S/C28H33FN3O4P/c29-14-19-15-31(16-19)17-23-18-32-9-6-22(13-27(32)30-23)28-25(20-7-10-36-11-8-20)3-1-2-21-12-24(37(33,34)35)4-5-26(21)28/h4-6,9,12-13,18-20H,1-3,7-8,10-11,14-17H2,(H2,33,34,35). The molecule has 1 aliphatic carbocycles. The molecule has 2 fully saturated rings. The van der Waals surface area contributed by atoms with Crippen LogP contribution in [0.25, 0.3) is 11.2 Å². The van der Waals surface area contributed by atoms with Crippen molar-refractivity contribution in [3.8, 4) is 0 Å². The van der Waals surface area contributed by atoms with Gasteiger partial charge in [0.15, 0.2) is 0 Å². The molecular formula is C28H33FN3O4P. The second-order valence-electron chi connectivity index (χ2n) is 10.7. The first-order valence-electron chi connectivity index (χ1n) is 13.2. The van der Waals surface area contributed by atoms with Gasteiger partial charge in [0.05, 0.1) is 17.7 Å². The topological polar surface area (TPSA) is 87.3 Å². The summed E-state index contributed by atoms with van der Waals surface area (Å²) in [7, 11) is -4.33. The Balaban J connectivity index is 1.42. The SMILES string of the molecule is O=P(O)(O)c1ccc2c(c1)CCCC(C1CCOCC1)=C2c1ccn2cc(CN3CC(CF)C3)nc2c1. The largest absolute Gasteiger partial charge is 0.381 e. The zero-order valence-corrected chi connectivity index (χ0v) is 21.7. The molecule has 9 heteroatoms. The number of aromatic nitrogens is 2. The number of pyridine rings is 1. The number of likely N-dealkylation sites (tertiary alicyclic amines) is 1. The number of hydrogen-bond donors (Lipinski definition) is 2. The molecule has 0 spiro atoms. The van der Waals surface area contributed by atoms with Crippen LogP contribution in [0, 0.1) is 11.8 Å². The van der Waals surface area contributed by atoms with E-state index in [9.17, 15) is 18.7 Å². The lowest BCUT2D eigenvalue weighted by atomic mass is 9.82. The summed E-state index contributed by atoms with van der Waals surface area (Å²) in [6, 6.07) is 9.44. The van der Waals surface area contributed by atoms with Gasteiger partial charge >= 0.3 is 7.60 Å². The highest BCUT2D eigenvalue weighted by Gasteiger charge is 2.29. The molecule has 6 rings (SSSR count). The first-order valence-corrected chi connectivity index (χ1v) is 14.8. The van der Waals surface area contributed by atoms with E-state index in [4.69, 9.17) is 9.72 Å². The summed E-state index contributed by atoms with van der Waals surface area (Å²) in [4.78, 5) is 26.7. The molecule has 3 aromatic rings. The van der Waals surface area contributed by atoms with Crippen LogP contribution in [0.4, 0.5) is 4.39 Å². The fourth-order valence-electron chi connectivity index (χ4n) is 6.17.